The van der Waals surface area contributed by atoms with Gasteiger partial charge in [0.1, 0.15) is 12.4 Å². The molecule has 0 aliphatic heterocycles. The normalized spacial score (nSPS) is 12.1. The molecular formula is C18H28O6. The second-order valence-electron chi connectivity index (χ2n) is 5.29. The highest BCUT2D eigenvalue weighted by atomic mass is 16.6. The summed E-state index contributed by atoms with van der Waals surface area (Å²) in [6.45, 7) is 7.23. The summed E-state index contributed by atoms with van der Waals surface area (Å²) in [6, 6.07) is 7.09. The number of Topliss-reactive ketones (excluding diaryl/α,β-unsaturated/α-hetero) is 1. The monoisotopic (exact) mass is 340 g/mol. The third-order valence-corrected chi connectivity index (χ3v) is 3.18. The Labute approximate surface area is 144 Å². The van der Waals surface area contributed by atoms with Gasteiger partial charge in [-0.2, -0.15) is 0 Å². The van der Waals surface area contributed by atoms with Gasteiger partial charge in [0.2, 0.25) is 0 Å². The van der Waals surface area contributed by atoms with Crippen LogP contribution in [0.1, 0.15) is 24.2 Å². The minimum atomic E-state index is -0.0426. The van der Waals surface area contributed by atoms with Crippen LogP contribution in [0.3, 0.4) is 0 Å². The Morgan fingerprint density at radius 1 is 0.958 bits per heavy atom. The molecule has 0 aromatic heterocycles. The van der Waals surface area contributed by atoms with Crippen molar-refractivity contribution in [3.63, 3.8) is 0 Å². The molecule has 24 heavy (non-hydrogen) atoms. The minimum absolute atomic E-state index is 0.0426. The summed E-state index contributed by atoms with van der Waals surface area (Å²) in [5, 5.41) is 0. The highest BCUT2D eigenvalue weighted by molar-refractivity contribution is 5.94. The van der Waals surface area contributed by atoms with Crippen LogP contribution < -0.4 is 4.74 Å². The van der Waals surface area contributed by atoms with Gasteiger partial charge in [-0.3, -0.25) is 4.79 Å². The molecule has 0 heterocycles. The van der Waals surface area contributed by atoms with Gasteiger partial charge in [-0.1, -0.05) is 0 Å². The number of ketones is 1. The van der Waals surface area contributed by atoms with Gasteiger partial charge in [-0.15, -0.1) is 0 Å². The first-order valence-electron chi connectivity index (χ1n) is 8.13. The van der Waals surface area contributed by atoms with Crippen molar-refractivity contribution >= 4 is 5.78 Å². The highest BCUT2D eigenvalue weighted by Crippen LogP contribution is 2.13. The van der Waals surface area contributed by atoms with Gasteiger partial charge >= 0.3 is 0 Å². The number of methoxy groups -OCH3 is 1. The fourth-order valence-corrected chi connectivity index (χ4v) is 1.82. The fraction of sp³-hybridized carbons (Fsp3) is 0.611. The summed E-state index contributed by atoms with van der Waals surface area (Å²) in [4.78, 5) is 11.2. The van der Waals surface area contributed by atoms with Gasteiger partial charge in [0, 0.05) is 12.7 Å². The number of carbonyl (C=O) groups is 1. The lowest BCUT2D eigenvalue weighted by atomic mass is 10.1. The molecule has 0 bridgehead atoms. The maximum absolute atomic E-state index is 11.2. The SMILES string of the molecule is COCCOCCOCCO[C@@H](C)COc1ccc(C(C)=O)cc1. The van der Waals surface area contributed by atoms with E-state index < -0.39 is 0 Å². The minimum Gasteiger partial charge on any atom is -0.491 e. The van der Waals surface area contributed by atoms with Crippen molar-refractivity contribution in [2.75, 3.05) is 53.4 Å². The summed E-state index contributed by atoms with van der Waals surface area (Å²) in [5.41, 5.74) is 0.676. The number of carbonyl (C=O) groups excluding carboxylic acids is 1. The standard InChI is InChI=1S/C18H28O6/c1-15(23-13-12-22-11-10-21-9-8-20-3)14-24-18-6-4-17(5-7-18)16(2)19/h4-7,15H,8-14H2,1-3H3/t15-/m0/s1. The Hall–Kier alpha value is -1.47. The van der Waals surface area contributed by atoms with Crippen LogP contribution >= 0.6 is 0 Å². The fourth-order valence-electron chi connectivity index (χ4n) is 1.82. The number of ether oxygens (including phenoxy) is 5. The van der Waals surface area contributed by atoms with E-state index in [1.807, 2.05) is 6.92 Å². The van der Waals surface area contributed by atoms with E-state index in [1.165, 1.54) is 0 Å². The third-order valence-electron chi connectivity index (χ3n) is 3.18. The van der Waals surface area contributed by atoms with Crippen LogP contribution in [0.25, 0.3) is 0 Å². The van der Waals surface area contributed by atoms with Gasteiger partial charge in [0.15, 0.2) is 5.78 Å². The van der Waals surface area contributed by atoms with Crippen LogP contribution in [0.15, 0.2) is 24.3 Å². The van der Waals surface area contributed by atoms with Crippen LogP contribution in [0.5, 0.6) is 5.75 Å². The molecule has 6 nitrogen and oxygen atoms in total. The second kappa shape index (κ2) is 12.9. The molecule has 0 saturated carbocycles. The zero-order valence-corrected chi connectivity index (χ0v) is 14.8. The van der Waals surface area contributed by atoms with Gasteiger partial charge < -0.3 is 23.7 Å². The summed E-state index contributed by atoms with van der Waals surface area (Å²) < 4.78 is 26.8. The van der Waals surface area contributed by atoms with E-state index in [0.29, 0.717) is 51.8 Å². The Kier molecular flexibility index (Phi) is 11.1. The summed E-state index contributed by atoms with van der Waals surface area (Å²) in [6.07, 6.45) is -0.0426. The molecule has 0 saturated heterocycles. The molecule has 6 heteroatoms. The molecular weight excluding hydrogens is 312 g/mol. The molecule has 0 aliphatic carbocycles. The van der Waals surface area contributed by atoms with E-state index in [1.54, 1.807) is 38.3 Å². The van der Waals surface area contributed by atoms with Crippen LogP contribution in [0.2, 0.25) is 0 Å². The maximum Gasteiger partial charge on any atom is 0.159 e. The molecule has 0 aliphatic rings. The van der Waals surface area contributed by atoms with E-state index >= 15 is 0 Å². The van der Waals surface area contributed by atoms with Gasteiger partial charge in [0.25, 0.3) is 0 Å². The van der Waals surface area contributed by atoms with Crippen LogP contribution in [0.4, 0.5) is 0 Å². The predicted octanol–water partition coefficient (Wildman–Crippen LogP) is 2.35. The molecule has 136 valence electrons. The largest absolute Gasteiger partial charge is 0.491 e. The first-order chi connectivity index (χ1) is 11.6. The van der Waals surface area contributed by atoms with E-state index in [9.17, 15) is 4.79 Å². The highest BCUT2D eigenvalue weighted by Gasteiger charge is 2.04. The summed E-state index contributed by atoms with van der Waals surface area (Å²) >= 11 is 0. The molecule has 1 atom stereocenters. The molecule has 1 rings (SSSR count). The van der Waals surface area contributed by atoms with E-state index in [4.69, 9.17) is 23.7 Å². The molecule has 0 spiro atoms. The quantitative estimate of drug-likeness (QED) is 0.383. The van der Waals surface area contributed by atoms with E-state index in [2.05, 4.69) is 0 Å². The molecule has 0 fully saturated rings. The van der Waals surface area contributed by atoms with Crippen LogP contribution in [-0.4, -0.2) is 65.2 Å². The van der Waals surface area contributed by atoms with Crippen molar-refractivity contribution in [1.29, 1.82) is 0 Å². The lowest BCUT2D eigenvalue weighted by Gasteiger charge is -2.14. The molecule has 0 radical (unpaired) electrons. The number of hydrogen-bond acceptors (Lipinski definition) is 6. The molecule has 1 aromatic rings. The van der Waals surface area contributed by atoms with Gasteiger partial charge in [-0.05, 0) is 38.1 Å². The molecule has 0 unspecified atom stereocenters. The van der Waals surface area contributed by atoms with E-state index in [-0.39, 0.29) is 11.9 Å². The summed E-state index contributed by atoms with van der Waals surface area (Å²) in [7, 11) is 1.64. The van der Waals surface area contributed by atoms with Crippen molar-refractivity contribution in [2.45, 2.75) is 20.0 Å². The Morgan fingerprint density at radius 3 is 2.12 bits per heavy atom. The van der Waals surface area contributed by atoms with Crippen molar-refractivity contribution in [3.8, 4) is 5.75 Å². The van der Waals surface area contributed by atoms with Crippen LogP contribution in [-0.2, 0) is 18.9 Å². The van der Waals surface area contributed by atoms with Crippen molar-refractivity contribution < 1.29 is 28.5 Å². The van der Waals surface area contributed by atoms with Crippen molar-refractivity contribution in [1.82, 2.24) is 0 Å². The average Bonchev–Trinajstić information content (AvgIpc) is 2.59. The van der Waals surface area contributed by atoms with Crippen molar-refractivity contribution in [3.05, 3.63) is 29.8 Å². The Balaban J connectivity index is 2.01. The second-order valence-corrected chi connectivity index (χ2v) is 5.29. The molecule has 0 N–H and O–H groups in total. The smallest absolute Gasteiger partial charge is 0.159 e. The van der Waals surface area contributed by atoms with Crippen molar-refractivity contribution in [2.24, 2.45) is 0 Å². The first-order valence-corrected chi connectivity index (χ1v) is 8.13. The van der Waals surface area contributed by atoms with Gasteiger partial charge in [-0.25, -0.2) is 0 Å². The molecule has 0 amide bonds. The van der Waals surface area contributed by atoms with E-state index in [0.717, 1.165) is 5.75 Å². The Morgan fingerprint density at radius 2 is 1.54 bits per heavy atom. The number of hydrogen-bond donors (Lipinski definition) is 0. The summed E-state index contributed by atoms with van der Waals surface area (Å²) in [5.74, 6) is 0.766. The Bertz CT molecular complexity index is 445. The zero-order valence-electron chi connectivity index (χ0n) is 14.8. The topological polar surface area (TPSA) is 63.2 Å². The average molecular weight is 340 g/mol. The zero-order chi connectivity index (χ0) is 17.6. The lowest BCUT2D eigenvalue weighted by Crippen LogP contribution is -2.21. The third kappa shape index (κ3) is 9.62. The van der Waals surface area contributed by atoms with Gasteiger partial charge in [0.05, 0.1) is 45.7 Å². The number of rotatable bonds is 14. The maximum atomic E-state index is 11.2. The number of benzene rings is 1. The lowest BCUT2D eigenvalue weighted by molar-refractivity contribution is -0.0220. The predicted molar refractivity (Wildman–Crippen MR) is 90.9 cm³/mol. The first kappa shape index (κ1) is 20.6. The molecule has 1 aromatic carbocycles. The van der Waals surface area contributed by atoms with Crippen LogP contribution in [0, 0.1) is 0 Å².